The van der Waals surface area contributed by atoms with Crippen molar-refractivity contribution in [3.05, 3.63) is 12.2 Å². The lowest BCUT2D eigenvalue weighted by molar-refractivity contribution is 0.271. The highest BCUT2D eigenvalue weighted by atomic mass is 14.3. The van der Waals surface area contributed by atoms with Crippen LogP contribution in [-0.4, -0.2) is 0 Å². The van der Waals surface area contributed by atoms with Gasteiger partial charge in [0, 0.05) is 0 Å². The lowest BCUT2D eigenvalue weighted by Gasteiger charge is -2.25. The van der Waals surface area contributed by atoms with Crippen LogP contribution >= 0.6 is 0 Å². The van der Waals surface area contributed by atoms with E-state index in [1.807, 2.05) is 0 Å². The highest BCUT2D eigenvalue weighted by molar-refractivity contribution is 5.06. The molecule has 0 N–H and O–H groups in total. The van der Waals surface area contributed by atoms with E-state index in [0.29, 0.717) is 0 Å². The van der Waals surface area contributed by atoms with Crippen LogP contribution in [-0.2, 0) is 0 Å². The summed E-state index contributed by atoms with van der Waals surface area (Å²) in [5.74, 6) is 4.17. The molecule has 0 aliphatic heterocycles. The fourth-order valence-electron chi connectivity index (χ4n) is 2.57. The van der Waals surface area contributed by atoms with E-state index in [1.54, 1.807) is 0 Å². The maximum absolute atomic E-state index is 2.45. The van der Waals surface area contributed by atoms with Crippen molar-refractivity contribution in [3.8, 4) is 0 Å². The fraction of sp³-hybridized carbons (Fsp3) is 0.846. The molecule has 0 aromatic heterocycles. The average Bonchev–Trinajstić information content (AvgIpc) is 2.32. The van der Waals surface area contributed by atoms with Crippen molar-refractivity contribution in [2.24, 2.45) is 29.6 Å². The molecular weight excluding hydrogens is 156 g/mol. The van der Waals surface area contributed by atoms with E-state index in [-0.39, 0.29) is 0 Å². The second kappa shape index (κ2) is 4.30. The second-order valence-corrected chi connectivity index (χ2v) is 5.36. The first-order valence-electron chi connectivity index (χ1n) is 5.70. The molecule has 0 bridgehead atoms. The summed E-state index contributed by atoms with van der Waals surface area (Å²) < 4.78 is 0. The van der Waals surface area contributed by atoms with E-state index in [2.05, 4.69) is 46.8 Å². The van der Waals surface area contributed by atoms with Gasteiger partial charge in [-0.3, -0.25) is 0 Å². The molecule has 0 heteroatoms. The Morgan fingerprint density at radius 3 is 2.08 bits per heavy atom. The first-order valence-corrected chi connectivity index (χ1v) is 5.70. The molecule has 1 rings (SSSR count). The number of rotatable bonds is 3. The fourth-order valence-corrected chi connectivity index (χ4v) is 2.57. The summed E-state index contributed by atoms with van der Waals surface area (Å²) in [7, 11) is 0. The maximum atomic E-state index is 2.45. The van der Waals surface area contributed by atoms with E-state index >= 15 is 0 Å². The van der Waals surface area contributed by atoms with Gasteiger partial charge < -0.3 is 0 Å². The van der Waals surface area contributed by atoms with Gasteiger partial charge in [-0.2, -0.15) is 0 Å². The Labute approximate surface area is 83.4 Å². The highest BCUT2D eigenvalue weighted by Crippen LogP contribution is 2.38. The Balaban J connectivity index is 2.51. The molecule has 0 amide bonds. The smallest absolute Gasteiger partial charge is 0.0179 e. The van der Waals surface area contributed by atoms with Gasteiger partial charge in [-0.15, -0.1) is 0 Å². The van der Waals surface area contributed by atoms with Crippen LogP contribution in [0.4, 0.5) is 0 Å². The molecule has 3 atom stereocenters. The summed E-state index contributed by atoms with van der Waals surface area (Å²) in [4.78, 5) is 0. The van der Waals surface area contributed by atoms with Crippen molar-refractivity contribution >= 4 is 0 Å². The molecular formula is C13H24. The standard InChI is InChI=1S/C13H24/c1-9(2)8-12-6-7-13(10(3)4)11(12)5/h6-7,9-13H,8H2,1-5H3. The van der Waals surface area contributed by atoms with Crippen molar-refractivity contribution in [3.63, 3.8) is 0 Å². The summed E-state index contributed by atoms with van der Waals surface area (Å²) in [6, 6.07) is 0. The van der Waals surface area contributed by atoms with E-state index in [4.69, 9.17) is 0 Å². The van der Waals surface area contributed by atoms with Gasteiger partial charge >= 0.3 is 0 Å². The molecule has 0 nitrogen and oxygen atoms in total. The molecule has 0 heterocycles. The van der Waals surface area contributed by atoms with Crippen LogP contribution in [0.3, 0.4) is 0 Å². The zero-order valence-electron chi connectivity index (χ0n) is 9.75. The third-order valence-corrected chi connectivity index (χ3v) is 3.38. The van der Waals surface area contributed by atoms with Crippen molar-refractivity contribution in [1.29, 1.82) is 0 Å². The van der Waals surface area contributed by atoms with Crippen LogP contribution < -0.4 is 0 Å². The van der Waals surface area contributed by atoms with Crippen LogP contribution in [0.1, 0.15) is 41.0 Å². The van der Waals surface area contributed by atoms with Crippen molar-refractivity contribution in [2.75, 3.05) is 0 Å². The summed E-state index contributed by atoms with van der Waals surface area (Å²) in [5, 5.41) is 0. The van der Waals surface area contributed by atoms with Crippen LogP contribution in [0.5, 0.6) is 0 Å². The van der Waals surface area contributed by atoms with Crippen molar-refractivity contribution < 1.29 is 0 Å². The number of hydrogen-bond donors (Lipinski definition) is 0. The molecule has 0 aromatic rings. The third kappa shape index (κ3) is 2.59. The SMILES string of the molecule is CC(C)CC1C=CC(C(C)C)C1C. The summed E-state index contributed by atoms with van der Waals surface area (Å²) >= 11 is 0. The largest absolute Gasteiger partial charge is 0.0848 e. The minimum Gasteiger partial charge on any atom is -0.0848 e. The lowest BCUT2D eigenvalue weighted by Crippen LogP contribution is -2.18. The zero-order valence-corrected chi connectivity index (χ0v) is 9.75. The van der Waals surface area contributed by atoms with Gasteiger partial charge in [-0.05, 0) is 36.0 Å². The van der Waals surface area contributed by atoms with E-state index < -0.39 is 0 Å². The van der Waals surface area contributed by atoms with Crippen LogP contribution in [0.2, 0.25) is 0 Å². The summed E-state index contributed by atoms with van der Waals surface area (Å²) in [6.45, 7) is 11.7. The topological polar surface area (TPSA) is 0 Å². The zero-order chi connectivity index (χ0) is 10.0. The Kier molecular flexibility index (Phi) is 3.58. The average molecular weight is 180 g/mol. The molecule has 76 valence electrons. The minimum atomic E-state index is 0.809. The molecule has 0 fully saturated rings. The molecule has 3 unspecified atom stereocenters. The summed E-state index contributed by atoms with van der Waals surface area (Å²) in [6.07, 6.45) is 6.26. The molecule has 0 spiro atoms. The third-order valence-electron chi connectivity index (χ3n) is 3.38. The molecule has 0 saturated heterocycles. The minimum absolute atomic E-state index is 0.809. The molecule has 0 aromatic carbocycles. The predicted octanol–water partition coefficient (Wildman–Crippen LogP) is 4.13. The number of allylic oxidation sites excluding steroid dienone is 2. The molecule has 0 radical (unpaired) electrons. The quantitative estimate of drug-likeness (QED) is 0.573. The first kappa shape index (κ1) is 10.8. The van der Waals surface area contributed by atoms with Crippen molar-refractivity contribution in [1.82, 2.24) is 0 Å². The van der Waals surface area contributed by atoms with Crippen LogP contribution in [0.15, 0.2) is 12.2 Å². The lowest BCUT2D eigenvalue weighted by atomic mass is 9.80. The van der Waals surface area contributed by atoms with Gasteiger partial charge in [0.25, 0.3) is 0 Å². The second-order valence-electron chi connectivity index (χ2n) is 5.36. The molecule has 1 aliphatic carbocycles. The van der Waals surface area contributed by atoms with Gasteiger partial charge in [0.05, 0.1) is 0 Å². The van der Waals surface area contributed by atoms with Gasteiger partial charge in [0.15, 0.2) is 0 Å². The van der Waals surface area contributed by atoms with Crippen LogP contribution in [0.25, 0.3) is 0 Å². The normalized spacial score (nSPS) is 33.6. The predicted molar refractivity (Wildman–Crippen MR) is 59.6 cm³/mol. The Bertz CT molecular complexity index is 176. The molecule has 13 heavy (non-hydrogen) atoms. The van der Waals surface area contributed by atoms with Gasteiger partial charge in [0.2, 0.25) is 0 Å². The van der Waals surface area contributed by atoms with Crippen LogP contribution in [0, 0.1) is 29.6 Å². The Hall–Kier alpha value is -0.260. The van der Waals surface area contributed by atoms with E-state index in [0.717, 1.165) is 29.6 Å². The van der Waals surface area contributed by atoms with Crippen molar-refractivity contribution in [2.45, 2.75) is 41.0 Å². The highest BCUT2D eigenvalue weighted by Gasteiger charge is 2.29. The molecule has 0 saturated carbocycles. The van der Waals surface area contributed by atoms with E-state index in [9.17, 15) is 0 Å². The van der Waals surface area contributed by atoms with Gasteiger partial charge in [0.1, 0.15) is 0 Å². The van der Waals surface area contributed by atoms with Gasteiger partial charge in [-0.25, -0.2) is 0 Å². The Morgan fingerprint density at radius 2 is 1.69 bits per heavy atom. The monoisotopic (exact) mass is 180 g/mol. The summed E-state index contributed by atoms with van der Waals surface area (Å²) in [5.41, 5.74) is 0. The maximum Gasteiger partial charge on any atom is -0.0179 e. The van der Waals surface area contributed by atoms with E-state index in [1.165, 1.54) is 6.42 Å². The van der Waals surface area contributed by atoms with Gasteiger partial charge in [-0.1, -0.05) is 46.8 Å². The first-order chi connectivity index (χ1) is 6.02. The molecule has 1 aliphatic rings. The Morgan fingerprint density at radius 1 is 1.08 bits per heavy atom. The number of hydrogen-bond acceptors (Lipinski definition) is 0.